The summed E-state index contributed by atoms with van der Waals surface area (Å²) in [5, 5.41) is 3.54. The second-order valence-electron chi connectivity index (χ2n) is 4.52. The Labute approximate surface area is 107 Å². The molecule has 0 amide bonds. The van der Waals surface area contributed by atoms with Gasteiger partial charge in [0.05, 0.1) is 25.6 Å². The van der Waals surface area contributed by atoms with E-state index in [1.54, 1.807) is 6.20 Å². The van der Waals surface area contributed by atoms with Crippen molar-refractivity contribution in [3.05, 3.63) is 54.1 Å². The monoisotopic (exact) mass is 243 g/mol. The molecule has 4 nitrogen and oxygen atoms in total. The number of hydrogen-bond acceptors (Lipinski definition) is 3. The Morgan fingerprint density at radius 1 is 1.39 bits per heavy atom. The van der Waals surface area contributed by atoms with E-state index in [9.17, 15) is 0 Å². The van der Waals surface area contributed by atoms with Crippen molar-refractivity contribution in [1.82, 2.24) is 14.9 Å². The first-order chi connectivity index (χ1) is 8.93. The summed E-state index contributed by atoms with van der Waals surface area (Å²) >= 11 is 0. The normalized spacial score (nSPS) is 18.6. The molecule has 0 saturated carbocycles. The number of imidazole rings is 1. The molecule has 3 rings (SSSR count). The van der Waals surface area contributed by atoms with Crippen molar-refractivity contribution in [3.8, 4) is 0 Å². The molecule has 2 heterocycles. The molecule has 1 unspecified atom stereocenters. The van der Waals surface area contributed by atoms with Crippen molar-refractivity contribution < 1.29 is 4.74 Å². The third-order valence-electron chi connectivity index (χ3n) is 3.29. The molecule has 2 aromatic rings. The standard InChI is InChI=1S/C14H17N3O/c1-2-4-13-12(3-1)9-18-10-14(13)16-6-8-17-7-5-15-11-17/h1-5,7,11,14,16H,6,8-10H2. The minimum absolute atomic E-state index is 0.304. The molecule has 0 fully saturated rings. The van der Waals surface area contributed by atoms with Gasteiger partial charge in [-0.1, -0.05) is 24.3 Å². The molecule has 18 heavy (non-hydrogen) atoms. The summed E-state index contributed by atoms with van der Waals surface area (Å²) in [6.07, 6.45) is 5.62. The van der Waals surface area contributed by atoms with Crippen molar-refractivity contribution in [2.24, 2.45) is 0 Å². The Balaban J connectivity index is 1.60. The average Bonchev–Trinajstić information content (AvgIpc) is 2.92. The zero-order valence-corrected chi connectivity index (χ0v) is 10.2. The molecule has 1 atom stereocenters. The highest BCUT2D eigenvalue weighted by Crippen LogP contribution is 2.23. The summed E-state index contributed by atoms with van der Waals surface area (Å²) in [5.74, 6) is 0. The fourth-order valence-corrected chi connectivity index (χ4v) is 2.34. The van der Waals surface area contributed by atoms with Crippen molar-refractivity contribution in [3.63, 3.8) is 0 Å². The smallest absolute Gasteiger partial charge is 0.0946 e. The maximum absolute atomic E-state index is 5.61. The quantitative estimate of drug-likeness (QED) is 0.889. The van der Waals surface area contributed by atoms with Gasteiger partial charge in [-0.05, 0) is 11.1 Å². The summed E-state index contributed by atoms with van der Waals surface area (Å²) in [6.45, 7) is 3.33. The Hall–Kier alpha value is -1.65. The lowest BCUT2D eigenvalue weighted by Gasteiger charge is -2.26. The zero-order valence-electron chi connectivity index (χ0n) is 10.2. The summed E-state index contributed by atoms with van der Waals surface area (Å²) in [6, 6.07) is 8.79. The molecule has 94 valence electrons. The first-order valence-corrected chi connectivity index (χ1v) is 6.28. The number of rotatable bonds is 4. The van der Waals surface area contributed by atoms with Crippen LogP contribution in [0.1, 0.15) is 17.2 Å². The lowest BCUT2D eigenvalue weighted by Crippen LogP contribution is -2.31. The second-order valence-corrected chi connectivity index (χ2v) is 4.52. The van der Waals surface area contributed by atoms with Gasteiger partial charge in [-0.15, -0.1) is 0 Å². The van der Waals surface area contributed by atoms with E-state index in [1.807, 2.05) is 12.5 Å². The number of ether oxygens (including phenoxy) is 1. The molecule has 0 saturated heterocycles. The van der Waals surface area contributed by atoms with E-state index >= 15 is 0 Å². The fourth-order valence-electron chi connectivity index (χ4n) is 2.34. The third kappa shape index (κ3) is 2.44. The van der Waals surface area contributed by atoms with Gasteiger partial charge in [0.2, 0.25) is 0 Å². The van der Waals surface area contributed by atoms with Gasteiger partial charge in [0, 0.05) is 25.5 Å². The van der Waals surface area contributed by atoms with Gasteiger partial charge in [0.25, 0.3) is 0 Å². The first-order valence-electron chi connectivity index (χ1n) is 6.28. The molecule has 1 aliphatic heterocycles. The molecule has 0 aliphatic carbocycles. The molecule has 4 heteroatoms. The Morgan fingerprint density at radius 2 is 2.33 bits per heavy atom. The van der Waals surface area contributed by atoms with Crippen molar-refractivity contribution in [1.29, 1.82) is 0 Å². The van der Waals surface area contributed by atoms with Crippen LogP contribution in [0.4, 0.5) is 0 Å². The van der Waals surface area contributed by atoms with Gasteiger partial charge in [0.1, 0.15) is 0 Å². The lowest BCUT2D eigenvalue weighted by atomic mass is 9.99. The fraction of sp³-hybridized carbons (Fsp3) is 0.357. The van der Waals surface area contributed by atoms with E-state index in [-0.39, 0.29) is 0 Å². The number of hydrogen-bond donors (Lipinski definition) is 1. The predicted molar refractivity (Wildman–Crippen MR) is 69.1 cm³/mol. The van der Waals surface area contributed by atoms with E-state index in [1.165, 1.54) is 11.1 Å². The highest BCUT2D eigenvalue weighted by atomic mass is 16.5. The lowest BCUT2D eigenvalue weighted by molar-refractivity contribution is 0.0820. The zero-order chi connectivity index (χ0) is 12.2. The predicted octanol–water partition coefficient (Wildman–Crippen LogP) is 1.74. The topological polar surface area (TPSA) is 39.1 Å². The number of nitrogens with zero attached hydrogens (tertiary/aromatic N) is 2. The van der Waals surface area contributed by atoms with Crippen LogP contribution in [0.2, 0.25) is 0 Å². The molecule has 1 N–H and O–H groups in total. The number of nitrogens with one attached hydrogen (secondary N) is 1. The van der Waals surface area contributed by atoms with E-state index < -0.39 is 0 Å². The highest BCUT2D eigenvalue weighted by Gasteiger charge is 2.19. The van der Waals surface area contributed by atoms with Gasteiger partial charge in [-0.2, -0.15) is 0 Å². The summed E-state index contributed by atoms with van der Waals surface area (Å²) in [5.41, 5.74) is 2.67. The van der Waals surface area contributed by atoms with Gasteiger partial charge >= 0.3 is 0 Å². The van der Waals surface area contributed by atoms with Crippen LogP contribution in [0.5, 0.6) is 0 Å². The first kappa shape index (κ1) is 11.4. The van der Waals surface area contributed by atoms with Crippen LogP contribution in [-0.4, -0.2) is 22.7 Å². The number of fused-ring (bicyclic) bond motifs is 1. The summed E-state index contributed by atoms with van der Waals surface area (Å²) in [4.78, 5) is 4.03. The van der Waals surface area contributed by atoms with E-state index in [2.05, 4.69) is 39.1 Å². The molecule has 1 aromatic carbocycles. The van der Waals surface area contributed by atoms with Crippen molar-refractivity contribution >= 4 is 0 Å². The van der Waals surface area contributed by atoms with E-state index in [0.29, 0.717) is 6.04 Å². The summed E-state index contributed by atoms with van der Waals surface area (Å²) < 4.78 is 7.69. The van der Waals surface area contributed by atoms with Crippen LogP contribution in [0, 0.1) is 0 Å². The largest absolute Gasteiger partial charge is 0.375 e. The van der Waals surface area contributed by atoms with Crippen LogP contribution in [0.25, 0.3) is 0 Å². The Kier molecular flexibility index (Phi) is 3.39. The van der Waals surface area contributed by atoms with Gasteiger partial charge < -0.3 is 14.6 Å². The third-order valence-corrected chi connectivity index (χ3v) is 3.29. The highest BCUT2D eigenvalue weighted by molar-refractivity contribution is 5.30. The maximum Gasteiger partial charge on any atom is 0.0946 e. The molecule has 0 radical (unpaired) electrons. The Morgan fingerprint density at radius 3 is 3.22 bits per heavy atom. The van der Waals surface area contributed by atoms with Crippen LogP contribution in [0.15, 0.2) is 43.0 Å². The minimum Gasteiger partial charge on any atom is -0.375 e. The van der Waals surface area contributed by atoms with Crippen molar-refractivity contribution in [2.75, 3.05) is 13.2 Å². The molecule has 1 aliphatic rings. The van der Waals surface area contributed by atoms with Crippen LogP contribution < -0.4 is 5.32 Å². The van der Waals surface area contributed by atoms with Crippen LogP contribution in [-0.2, 0) is 17.9 Å². The van der Waals surface area contributed by atoms with E-state index in [4.69, 9.17) is 4.74 Å². The maximum atomic E-state index is 5.61. The number of aromatic nitrogens is 2. The number of benzene rings is 1. The van der Waals surface area contributed by atoms with Crippen LogP contribution in [0.3, 0.4) is 0 Å². The van der Waals surface area contributed by atoms with Gasteiger partial charge in [-0.3, -0.25) is 0 Å². The van der Waals surface area contributed by atoms with Gasteiger partial charge in [-0.25, -0.2) is 4.98 Å². The average molecular weight is 243 g/mol. The molecule has 1 aromatic heterocycles. The second kappa shape index (κ2) is 5.33. The van der Waals surface area contributed by atoms with Gasteiger partial charge in [0.15, 0.2) is 0 Å². The van der Waals surface area contributed by atoms with Crippen LogP contribution >= 0.6 is 0 Å². The molecule has 0 spiro atoms. The van der Waals surface area contributed by atoms with E-state index in [0.717, 1.165) is 26.3 Å². The molecular formula is C14H17N3O. The minimum atomic E-state index is 0.304. The van der Waals surface area contributed by atoms with Crippen molar-refractivity contribution in [2.45, 2.75) is 19.2 Å². The SMILES string of the molecule is c1ccc2c(c1)COCC2NCCn1ccnc1. The molecular weight excluding hydrogens is 226 g/mol. The Bertz CT molecular complexity index is 496. The summed E-state index contributed by atoms with van der Waals surface area (Å²) in [7, 11) is 0. The molecule has 0 bridgehead atoms.